The molecule has 4 heteroatoms. The zero-order chi connectivity index (χ0) is 20.5. The molecule has 2 aliphatic heterocycles. The minimum atomic E-state index is 0.163. The third-order valence-electron chi connectivity index (χ3n) is 7.22. The van der Waals surface area contributed by atoms with Crippen LogP contribution in [-0.2, 0) is 0 Å². The van der Waals surface area contributed by atoms with Crippen LogP contribution in [-0.4, -0.2) is 30.6 Å². The van der Waals surface area contributed by atoms with Crippen molar-refractivity contribution in [3.63, 3.8) is 0 Å². The molecule has 0 amide bonds. The molecule has 2 aromatic carbocycles. The lowest BCUT2D eigenvalue weighted by Crippen LogP contribution is -2.47. The Kier molecular flexibility index (Phi) is 5.79. The Morgan fingerprint density at radius 3 is 2.87 bits per heavy atom. The van der Waals surface area contributed by atoms with E-state index in [4.69, 9.17) is 0 Å². The third-order valence-corrected chi connectivity index (χ3v) is 8.53. The predicted octanol–water partition coefficient (Wildman–Crippen LogP) is 6.18. The summed E-state index contributed by atoms with van der Waals surface area (Å²) in [6, 6.07) is 13.1. The maximum absolute atomic E-state index is 13.3. The maximum Gasteiger partial charge on any atom is 0.197 e. The molecule has 3 heterocycles. The van der Waals surface area contributed by atoms with Gasteiger partial charge in [-0.3, -0.25) is 4.79 Å². The smallest absolute Gasteiger partial charge is 0.197 e. The molecular formula is C26H32N2OS. The molecule has 1 N–H and O–H groups in total. The van der Waals surface area contributed by atoms with Crippen LogP contribution in [0.3, 0.4) is 0 Å². The monoisotopic (exact) mass is 420 g/mol. The van der Waals surface area contributed by atoms with Crippen LogP contribution in [0.15, 0.2) is 41.2 Å². The lowest BCUT2D eigenvalue weighted by molar-refractivity contribution is 0.0553. The van der Waals surface area contributed by atoms with Crippen molar-refractivity contribution in [2.45, 2.75) is 57.9 Å². The maximum atomic E-state index is 13.3. The van der Waals surface area contributed by atoms with Crippen LogP contribution in [0, 0.1) is 12.8 Å². The Hall–Kier alpha value is -1.91. The third kappa shape index (κ3) is 3.76. The number of anilines is 1. The number of nitrogens with one attached hydrogen (secondary N) is 1. The Labute approximate surface area is 183 Å². The molecule has 158 valence electrons. The lowest BCUT2D eigenvalue weighted by atomic mass is 9.81. The molecule has 2 aliphatic rings. The topological polar surface area (TPSA) is 32.3 Å². The predicted molar refractivity (Wildman–Crippen MR) is 130 cm³/mol. The van der Waals surface area contributed by atoms with Gasteiger partial charge in [0, 0.05) is 33.1 Å². The number of hydrogen-bond donors (Lipinski definition) is 1. The summed E-state index contributed by atoms with van der Waals surface area (Å²) in [6.07, 6.45) is 9.43. The molecule has 2 fully saturated rings. The van der Waals surface area contributed by atoms with Gasteiger partial charge in [-0.2, -0.15) is 0 Å². The molecular weight excluding hydrogens is 388 g/mol. The standard InChI is InChI=1S/C26H32N2OS/c1-18-13-14-21(24-25(29)20-10-2-3-12-23(20)30-26(18)24)27-15-6-8-19-9-7-17-28-16-5-4-11-22(19)28/h2-3,10,12-14,19,22,27H,4-9,11,15-17H2,1H3/t19-,22-/m1/s1. The Balaban J connectivity index is 1.32. The fraction of sp³-hybridized carbons (Fsp3) is 0.500. The molecule has 30 heavy (non-hydrogen) atoms. The molecule has 0 radical (unpaired) electrons. The van der Waals surface area contributed by atoms with Crippen molar-refractivity contribution in [1.82, 2.24) is 4.90 Å². The highest BCUT2D eigenvalue weighted by Crippen LogP contribution is 2.34. The van der Waals surface area contributed by atoms with Crippen LogP contribution in [0.25, 0.3) is 20.2 Å². The minimum absolute atomic E-state index is 0.163. The number of hydrogen-bond acceptors (Lipinski definition) is 4. The molecule has 0 aliphatic carbocycles. The van der Waals surface area contributed by atoms with E-state index in [1.807, 2.05) is 18.2 Å². The van der Waals surface area contributed by atoms with Crippen LogP contribution >= 0.6 is 11.3 Å². The zero-order valence-corrected chi connectivity index (χ0v) is 18.8. The molecule has 0 bridgehead atoms. The summed E-state index contributed by atoms with van der Waals surface area (Å²) >= 11 is 1.74. The normalized spacial score (nSPS) is 22.3. The van der Waals surface area contributed by atoms with Gasteiger partial charge in [-0.15, -0.1) is 11.3 Å². The van der Waals surface area contributed by atoms with Gasteiger partial charge in [0.1, 0.15) is 0 Å². The molecule has 0 spiro atoms. The Morgan fingerprint density at radius 1 is 1.07 bits per heavy atom. The molecule has 3 aromatic rings. The second kappa shape index (κ2) is 8.68. The number of rotatable bonds is 5. The van der Waals surface area contributed by atoms with Crippen molar-refractivity contribution in [2.75, 3.05) is 25.0 Å². The van der Waals surface area contributed by atoms with Gasteiger partial charge in [-0.25, -0.2) is 0 Å². The first-order valence-electron chi connectivity index (χ1n) is 11.7. The summed E-state index contributed by atoms with van der Waals surface area (Å²) in [5.41, 5.74) is 2.35. The largest absolute Gasteiger partial charge is 0.384 e. The van der Waals surface area contributed by atoms with E-state index in [-0.39, 0.29) is 5.43 Å². The van der Waals surface area contributed by atoms with Gasteiger partial charge >= 0.3 is 0 Å². The summed E-state index contributed by atoms with van der Waals surface area (Å²) < 4.78 is 2.19. The van der Waals surface area contributed by atoms with Gasteiger partial charge in [0.15, 0.2) is 5.43 Å². The summed E-state index contributed by atoms with van der Waals surface area (Å²) in [7, 11) is 0. The van der Waals surface area contributed by atoms with Gasteiger partial charge in [0.25, 0.3) is 0 Å². The highest BCUT2D eigenvalue weighted by atomic mass is 32.1. The first-order valence-corrected chi connectivity index (χ1v) is 12.5. The van der Waals surface area contributed by atoms with Crippen molar-refractivity contribution in [3.8, 4) is 0 Å². The summed E-state index contributed by atoms with van der Waals surface area (Å²) in [4.78, 5) is 16.0. The first-order chi connectivity index (χ1) is 14.7. The molecule has 2 saturated heterocycles. The van der Waals surface area contributed by atoms with Crippen LogP contribution < -0.4 is 10.7 Å². The van der Waals surface area contributed by atoms with Gasteiger partial charge in [0.05, 0.1) is 5.39 Å². The summed E-state index contributed by atoms with van der Waals surface area (Å²) in [6.45, 7) is 5.68. The van der Waals surface area contributed by atoms with E-state index in [1.54, 1.807) is 11.3 Å². The fourth-order valence-electron chi connectivity index (χ4n) is 5.68. The van der Waals surface area contributed by atoms with Gasteiger partial charge in [0.2, 0.25) is 0 Å². The highest BCUT2D eigenvalue weighted by Gasteiger charge is 2.32. The second-order valence-corrected chi connectivity index (χ2v) is 10.2. The van der Waals surface area contributed by atoms with Crippen molar-refractivity contribution >= 4 is 37.2 Å². The van der Waals surface area contributed by atoms with E-state index in [1.165, 1.54) is 63.6 Å². The molecule has 3 nitrogen and oxygen atoms in total. The van der Waals surface area contributed by atoms with E-state index in [0.29, 0.717) is 0 Å². The minimum Gasteiger partial charge on any atom is -0.384 e. The van der Waals surface area contributed by atoms with E-state index >= 15 is 0 Å². The Bertz CT molecular complexity index is 1100. The van der Waals surface area contributed by atoms with Gasteiger partial charge in [-0.1, -0.05) is 24.6 Å². The van der Waals surface area contributed by atoms with Crippen molar-refractivity contribution in [1.29, 1.82) is 0 Å². The van der Waals surface area contributed by atoms with Crippen LogP contribution in [0.1, 0.15) is 50.5 Å². The van der Waals surface area contributed by atoms with Gasteiger partial charge in [-0.05, 0) is 88.2 Å². The quantitative estimate of drug-likeness (QED) is 0.395. The molecule has 0 saturated carbocycles. The summed E-state index contributed by atoms with van der Waals surface area (Å²) in [5, 5.41) is 5.33. The number of piperidine rings is 2. The number of nitrogens with zero attached hydrogens (tertiary/aromatic N) is 1. The van der Waals surface area contributed by atoms with E-state index < -0.39 is 0 Å². The van der Waals surface area contributed by atoms with E-state index in [9.17, 15) is 4.79 Å². The average molecular weight is 421 g/mol. The molecule has 0 unspecified atom stereocenters. The zero-order valence-electron chi connectivity index (χ0n) is 18.0. The van der Waals surface area contributed by atoms with Gasteiger partial charge < -0.3 is 10.2 Å². The number of aryl methyl sites for hydroxylation is 1. The first kappa shape index (κ1) is 20.0. The van der Waals surface area contributed by atoms with Crippen LogP contribution in [0.2, 0.25) is 0 Å². The lowest BCUT2D eigenvalue weighted by Gasteiger charge is -2.44. The summed E-state index contributed by atoms with van der Waals surface area (Å²) in [5.74, 6) is 0.858. The van der Waals surface area contributed by atoms with E-state index in [0.717, 1.165) is 44.4 Å². The fourth-order valence-corrected chi connectivity index (χ4v) is 6.85. The average Bonchev–Trinajstić information content (AvgIpc) is 2.78. The van der Waals surface area contributed by atoms with Crippen LogP contribution in [0.4, 0.5) is 5.69 Å². The van der Waals surface area contributed by atoms with Crippen LogP contribution in [0.5, 0.6) is 0 Å². The van der Waals surface area contributed by atoms with Crippen molar-refractivity contribution in [2.24, 2.45) is 5.92 Å². The van der Waals surface area contributed by atoms with E-state index in [2.05, 4.69) is 35.3 Å². The number of benzene rings is 2. The SMILES string of the molecule is Cc1ccc(NCCC[C@@H]2CCCN3CCCC[C@H]23)c2c(=O)c3ccccc3sc12. The molecule has 5 rings (SSSR count). The Morgan fingerprint density at radius 2 is 1.93 bits per heavy atom. The van der Waals surface area contributed by atoms with Crippen molar-refractivity contribution < 1.29 is 0 Å². The molecule has 2 atom stereocenters. The molecule has 1 aromatic heterocycles. The number of fused-ring (bicyclic) bond motifs is 3. The van der Waals surface area contributed by atoms with Crippen molar-refractivity contribution in [3.05, 3.63) is 52.2 Å². The highest BCUT2D eigenvalue weighted by molar-refractivity contribution is 7.24. The second-order valence-electron chi connectivity index (χ2n) is 9.13.